The summed E-state index contributed by atoms with van der Waals surface area (Å²) in [5, 5.41) is 6.76. The van der Waals surface area contributed by atoms with Crippen LogP contribution >= 0.6 is 0 Å². The second-order valence-corrected chi connectivity index (χ2v) is 9.17. The fourth-order valence-electron chi connectivity index (χ4n) is 4.43. The Kier molecular flexibility index (Phi) is 8.58. The molecule has 1 aromatic rings. The van der Waals surface area contributed by atoms with E-state index in [9.17, 15) is 4.79 Å². The molecular formula is C24H40N6O. The van der Waals surface area contributed by atoms with Crippen molar-refractivity contribution in [3.05, 3.63) is 30.3 Å². The number of anilines is 1. The molecule has 172 valence electrons. The van der Waals surface area contributed by atoms with Crippen LogP contribution in [0.15, 0.2) is 35.3 Å². The Hall–Kier alpha value is -2.28. The van der Waals surface area contributed by atoms with Crippen molar-refractivity contribution in [2.24, 2.45) is 4.99 Å². The number of guanidine groups is 1. The van der Waals surface area contributed by atoms with Gasteiger partial charge in [-0.15, -0.1) is 0 Å². The molecule has 2 fully saturated rings. The Morgan fingerprint density at radius 1 is 0.968 bits per heavy atom. The molecule has 0 aliphatic carbocycles. The summed E-state index contributed by atoms with van der Waals surface area (Å²) < 4.78 is 0. The molecule has 0 spiro atoms. The van der Waals surface area contributed by atoms with Crippen molar-refractivity contribution in [1.82, 2.24) is 20.4 Å². The molecule has 2 saturated heterocycles. The van der Waals surface area contributed by atoms with Gasteiger partial charge >= 0.3 is 0 Å². The molecule has 0 bridgehead atoms. The third-order valence-electron chi connectivity index (χ3n) is 6.51. The fraction of sp³-hybridized carbons (Fsp3) is 0.667. The summed E-state index contributed by atoms with van der Waals surface area (Å²) in [5.74, 6) is 0.982. The molecule has 0 aromatic heterocycles. The van der Waals surface area contributed by atoms with Crippen LogP contribution in [-0.4, -0.2) is 86.6 Å². The number of nitrogens with one attached hydrogen (secondary N) is 2. The largest absolute Gasteiger partial charge is 0.368 e. The molecule has 7 nitrogen and oxygen atoms in total. The molecule has 2 aliphatic rings. The molecule has 3 rings (SSSR count). The second kappa shape index (κ2) is 11.4. The highest BCUT2D eigenvalue weighted by Crippen LogP contribution is 2.20. The van der Waals surface area contributed by atoms with E-state index < -0.39 is 0 Å². The number of rotatable bonds is 7. The van der Waals surface area contributed by atoms with Crippen molar-refractivity contribution in [3.8, 4) is 0 Å². The van der Waals surface area contributed by atoms with Gasteiger partial charge in [-0.2, -0.15) is 0 Å². The Balaban J connectivity index is 1.35. The van der Waals surface area contributed by atoms with Gasteiger partial charge < -0.3 is 20.4 Å². The maximum Gasteiger partial charge on any atom is 0.224 e. The van der Waals surface area contributed by atoms with Crippen LogP contribution in [0.3, 0.4) is 0 Å². The van der Waals surface area contributed by atoms with Crippen molar-refractivity contribution in [2.75, 3.05) is 64.3 Å². The fourth-order valence-corrected chi connectivity index (χ4v) is 4.43. The molecule has 2 N–H and O–H groups in total. The molecule has 1 amide bonds. The lowest BCUT2D eigenvalue weighted by Crippen LogP contribution is -2.55. The number of piperidine rings is 1. The first kappa shape index (κ1) is 23.4. The van der Waals surface area contributed by atoms with Gasteiger partial charge in [0.25, 0.3) is 0 Å². The van der Waals surface area contributed by atoms with Crippen LogP contribution in [-0.2, 0) is 4.79 Å². The van der Waals surface area contributed by atoms with E-state index in [0.717, 1.165) is 38.7 Å². The van der Waals surface area contributed by atoms with Crippen molar-refractivity contribution in [3.63, 3.8) is 0 Å². The number of aliphatic imine (C=N–C) groups is 1. The number of para-hydroxylation sites is 1. The third-order valence-corrected chi connectivity index (χ3v) is 6.51. The predicted octanol–water partition coefficient (Wildman–Crippen LogP) is 2.15. The van der Waals surface area contributed by atoms with E-state index in [1.54, 1.807) is 7.05 Å². The quantitative estimate of drug-likeness (QED) is 0.515. The highest BCUT2D eigenvalue weighted by molar-refractivity contribution is 5.81. The van der Waals surface area contributed by atoms with Gasteiger partial charge in [-0.05, 0) is 51.9 Å². The molecule has 0 atom stereocenters. The van der Waals surface area contributed by atoms with Crippen molar-refractivity contribution >= 4 is 17.6 Å². The average molecular weight is 429 g/mol. The number of amides is 1. The zero-order valence-corrected chi connectivity index (χ0v) is 19.6. The monoisotopic (exact) mass is 428 g/mol. The minimum Gasteiger partial charge on any atom is -0.368 e. The first-order valence-electron chi connectivity index (χ1n) is 11.8. The van der Waals surface area contributed by atoms with Crippen LogP contribution in [0.25, 0.3) is 0 Å². The lowest BCUT2D eigenvalue weighted by atomic mass is 9.98. The topological polar surface area (TPSA) is 63.2 Å². The number of nitrogens with zero attached hydrogens (tertiary/aromatic N) is 4. The molecule has 2 aliphatic heterocycles. The molecule has 7 heteroatoms. The maximum absolute atomic E-state index is 12.6. The summed E-state index contributed by atoms with van der Waals surface area (Å²) in [4.78, 5) is 23.9. The van der Waals surface area contributed by atoms with Gasteiger partial charge in [0.05, 0.1) is 0 Å². The number of piperazine rings is 1. The molecule has 0 unspecified atom stereocenters. The Morgan fingerprint density at radius 3 is 2.29 bits per heavy atom. The molecule has 31 heavy (non-hydrogen) atoms. The molecule has 2 heterocycles. The molecule has 1 aromatic carbocycles. The van der Waals surface area contributed by atoms with Crippen LogP contribution in [0, 0.1) is 0 Å². The molecule has 0 saturated carbocycles. The summed E-state index contributed by atoms with van der Waals surface area (Å²) in [5.41, 5.74) is 1.32. The van der Waals surface area contributed by atoms with Gasteiger partial charge in [0.1, 0.15) is 0 Å². The number of benzene rings is 1. The van der Waals surface area contributed by atoms with Crippen LogP contribution < -0.4 is 15.5 Å². The Labute approximate surface area is 187 Å². The normalized spacial score (nSPS) is 18.7. The smallest absolute Gasteiger partial charge is 0.224 e. The summed E-state index contributed by atoms with van der Waals surface area (Å²) in [6.45, 7) is 11.7. The van der Waals surface area contributed by atoms with Crippen LogP contribution in [0.4, 0.5) is 5.69 Å². The number of carbonyl (C=O) groups excluding carboxylic acids is 1. The van der Waals surface area contributed by atoms with Gasteiger partial charge in [0.15, 0.2) is 5.96 Å². The first-order valence-corrected chi connectivity index (χ1v) is 11.8. The van der Waals surface area contributed by atoms with E-state index in [1.165, 1.54) is 38.0 Å². The van der Waals surface area contributed by atoms with Gasteiger partial charge in [-0.1, -0.05) is 24.6 Å². The van der Waals surface area contributed by atoms with Gasteiger partial charge in [-0.3, -0.25) is 14.7 Å². The first-order chi connectivity index (χ1) is 15.0. The zero-order valence-electron chi connectivity index (χ0n) is 19.6. The summed E-state index contributed by atoms with van der Waals surface area (Å²) in [7, 11) is 1.79. The lowest BCUT2D eigenvalue weighted by Gasteiger charge is -2.41. The summed E-state index contributed by atoms with van der Waals surface area (Å²) in [6.07, 6.45) is 4.41. The van der Waals surface area contributed by atoms with Gasteiger partial charge in [-0.25, -0.2) is 0 Å². The standard InChI is InChI=1S/C24H40N6O/c1-24(2,30-14-8-5-9-15-30)20-27-23(25-3)26-13-12-22(31)29-18-16-28(17-19-29)21-10-6-4-7-11-21/h4,6-7,10-11H,5,8-9,12-20H2,1-3H3,(H2,25,26,27). The molecular weight excluding hydrogens is 388 g/mol. The minimum absolute atomic E-state index is 0.0896. The Morgan fingerprint density at radius 2 is 1.65 bits per heavy atom. The van der Waals surface area contributed by atoms with E-state index in [0.29, 0.717) is 13.0 Å². The summed E-state index contributed by atoms with van der Waals surface area (Å²) in [6, 6.07) is 10.4. The SMILES string of the molecule is CN=C(NCCC(=O)N1CCN(c2ccccc2)CC1)NCC(C)(C)N1CCCCC1. The lowest BCUT2D eigenvalue weighted by molar-refractivity contribution is -0.131. The van der Waals surface area contributed by atoms with Crippen molar-refractivity contribution in [1.29, 1.82) is 0 Å². The number of hydrogen-bond donors (Lipinski definition) is 2. The van der Waals surface area contributed by atoms with Gasteiger partial charge in [0.2, 0.25) is 5.91 Å². The van der Waals surface area contributed by atoms with Crippen LogP contribution in [0.1, 0.15) is 39.5 Å². The highest BCUT2D eigenvalue weighted by atomic mass is 16.2. The Bertz CT molecular complexity index is 706. The predicted molar refractivity (Wildman–Crippen MR) is 129 cm³/mol. The summed E-state index contributed by atoms with van der Waals surface area (Å²) >= 11 is 0. The van der Waals surface area contributed by atoms with E-state index in [1.807, 2.05) is 11.0 Å². The number of likely N-dealkylation sites (tertiary alicyclic amines) is 1. The number of carbonyl (C=O) groups is 1. The van der Waals surface area contributed by atoms with E-state index in [2.05, 4.69) is 63.5 Å². The maximum atomic E-state index is 12.6. The van der Waals surface area contributed by atoms with E-state index in [4.69, 9.17) is 0 Å². The zero-order chi connectivity index (χ0) is 22.1. The molecule has 0 radical (unpaired) electrons. The van der Waals surface area contributed by atoms with E-state index >= 15 is 0 Å². The van der Waals surface area contributed by atoms with Crippen LogP contribution in [0.5, 0.6) is 0 Å². The minimum atomic E-state index is 0.0896. The average Bonchev–Trinajstić information content (AvgIpc) is 2.82. The van der Waals surface area contributed by atoms with E-state index in [-0.39, 0.29) is 11.4 Å². The van der Waals surface area contributed by atoms with Crippen molar-refractivity contribution in [2.45, 2.75) is 45.1 Å². The van der Waals surface area contributed by atoms with Crippen molar-refractivity contribution < 1.29 is 4.79 Å². The number of hydrogen-bond acceptors (Lipinski definition) is 4. The highest BCUT2D eigenvalue weighted by Gasteiger charge is 2.28. The second-order valence-electron chi connectivity index (χ2n) is 9.17. The van der Waals surface area contributed by atoms with Gasteiger partial charge in [0, 0.05) is 64.0 Å². The third kappa shape index (κ3) is 6.86. The van der Waals surface area contributed by atoms with Crippen LogP contribution in [0.2, 0.25) is 0 Å².